The van der Waals surface area contributed by atoms with Crippen LogP contribution < -0.4 is 0 Å². The van der Waals surface area contributed by atoms with E-state index < -0.39 is 77.0 Å². The second kappa shape index (κ2) is 10.5. The molecule has 0 spiro atoms. The van der Waals surface area contributed by atoms with Gasteiger partial charge in [0.25, 0.3) is 0 Å². The van der Waals surface area contributed by atoms with Crippen molar-refractivity contribution in [2.24, 2.45) is 28.6 Å². The summed E-state index contributed by atoms with van der Waals surface area (Å²) in [5.41, 5.74) is 1.28. The monoisotopic (exact) mass is 520 g/mol. The summed E-state index contributed by atoms with van der Waals surface area (Å²) in [5, 5.41) is 21.6. The Labute approximate surface area is 220 Å². The molecule has 0 saturated heterocycles. The third-order valence-corrected chi connectivity index (χ3v) is 9.09. The van der Waals surface area contributed by atoms with Gasteiger partial charge in [0, 0.05) is 32.1 Å². The van der Waals surface area contributed by atoms with E-state index in [0.717, 1.165) is 11.1 Å². The van der Waals surface area contributed by atoms with Gasteiger partial charge in [-0.3, -0.25) is 14.4 Å². The molecular weight excluding hydrogens is 476 g/mol. The second-order valence-corrected chi connectivity index (χ2v) is 12.3. The van der Waals surface area contributed by atoms with Crippen LogP contribution in [0.15, 0.2) is 23.3 Å². The van der Waals surface area contributed by atoms with Gasteiger partial charge < -0.3 is 24.4 Å². The van der Waals surface area contributed by atoms with E-state index in [2.05, 4.69) is 13.5 Å². The Hall–Kier alpha value is -2.19. The standard InChI is InChI=1S/C29H44O8/c1-14-12-22(37-27(34)15(2)17(4)30)25-26(36-19(6)32)24-16(3)21(35-18(5)31)10-11-29(24,9)13-20(33)23(14)28(25,7)8/h15,17,20-22,24-26,30,33H,3,10-13H2,1-2,4-9H3/t15?,17?,20-,21-,22-,24-,25-,26-,29-/m0/s1. The predicted molar refractivity (Wildman–Crippen MR) is 137 cm³/mol. The van der Waals surface area contributed by atoms with Crippen LogP contribution in [0.2, 0.25) is 0 Å². The predicted octanol–water partition coefficient (Wildman–Crippen LogP) is 3.88. The van der Waals surface area contributed by atoms with Crippen LogP contribution in [0, 0.1) is 28.6 Å². The van der Waals surface area contributed by atoms with E-state index in [1.54, 1.807) is 13.8 Å². The van der Waals surface area contributed by atoms with Crippen molar-refractivity contribution in [3.05, 3.63) is 23.3 Å². The lowest BCUT2D eigenvalue weighted by molar-refractivity contribution is -0.187. The molecule has 0 amide bonds. The molecule has 0 aromatic heterocycles. The fraction of sp³-hybridized carbons (Fsp3) is 0.759. The summed E-state index contributed by atoms with van der Waals surface area (Å²) < 4.78 is 17.8. The van der Waals surface area contributed by atoms with Gasteiger partial charge in [-0.15, -0.1) is 0 Å². The van der Waals surface area contributed by atoms with Crippen molar-refractivity contribution in [1.82, 2.24) is 0 Å². The van der Waals surface area contributed by atoms with Gasteiger partial charge in [-0.05, 0) is 62.0 Å². The SMILES string of the molecule is C=C1[C@@H](OC(C)=O)CC[C@@]2(C)C[C@H](O)C3=C(C)C[C@H](OC(=O)C(C)C(C)O)[C@@H]([C@@H](OC(C)=O)[C@H]12)C3(C)C. The van der Waals surface area contributed by atoms with E-state index in [9.17, 15) is 24.6 Å². The van der Waals surface area contributed by atoms with Gasteiger partial charge in [0.1, 0.15) is 18.3 Å². The normalized spacial score (nSPS) is 36.9. The lowest BCUT2D eigenvalue weighted by Gasteiger charge is -2.58. The number of aliphatic hydroxyl groups excluding tert-OH is 2. The maximum atomic E-state index is 13.0. The number of hydrogen-bond donors (Lipinski definition) is 2. The minimum atomic E-state index is -0.884. The molecule has 2 fully saturated rings. The Morgan fingerprint density at radius 3 is 2.19 bits per heavy atom. The zero-order chi connectivity index (χ0) is 28.0. The fourth-order valence-electron chi connectivity index (χ4n) is 7.34. The van der Waals surface area contributed by atoms with Gasteiger partial charge in [0.15, 0.2) is 0 Å². The molecule has 0 heterocycles. The van der Waals surface area contributed by atoms with Gasteiger partial charge in [-0.2, -0.15) is 0 Å². The topological polar surface area (TPSA) is 119 Å². The zero-order valence-electron chi connectivity index (χ0n) is 23.5. The van der Waals surface area contributed by atoms with Crippen LogP contribution in [0.1, 0.15) is 81.1 Å². The molecular formula is C29H44O8. The number of hydrogen-bond acceptors (Lipinski definition) is 8. The second-order valence-electron chi connectivity index (χ2n) is 12.3. The van der Waals surface area contributed by atoms with E-state index in [0.29, 0.717) is 31.3 Å². The third-order valence-electron chi connectivity index (χ3n) is 9.09. The highest BCUT2D eigenvalue weighted by Crippen LogP contribution is 2.60. The van der Waals surface area contributed by atoms with Crippen LogP contribution in [0.4, 0.5) is 0 Å². The number of rotatable bonds is 5. The summed E-state index contributed by atoms with van der Waals surface area (Å²) in [6.07, 6.45) is -1.56. The first-order valence-electron chi connectivity index (χ1n) is 13.3. The molecule has 0 aromatic carbocycles. The fourth-order valence-corrected chi connectivity index (χ4v) is 7.34. The van der Waals surface area contributed by atoms with Crippen LogP contribution in [0.5, 0.6) is 0 Å². The Morgan fingerprint density at radius 2 is 1.65 bits per heavy atom. The quantitative estimate of drug-likeness (QED) is 0.318. The summed E-state index contributed by atoms with van der Waals surface area (Å²) in [5.74, 6) is -3.09. The average molecular weight is 521 g/mol. The van der Waals surface area contributed by atoms with Crippen LogP contribution in [0.25, 0.3) is 0 Å². The molecule has 0 aromatic rings. The van der Waals surface area contributed by atoms with Crippen LogP contribution in [-0.4, -0.2) is 58.6 Å². The smallest absolute Gasteiger partial charge is 0.311 e. The number of esters is 3. The molecule has 9 atom stereocenters. The van der Waals surface area contributed by atoms with E-state index in [4.69, 9.17) is 14.2 Å². The van der Waals surface area contributed by atoms with Gasteiger partial charge in [0.2, 0.25) is 0 Å². The zero-order valence-corrected chi connectivity index (χ0v) is 23.5. The average Bonchev–Trinajstić information content (AvgIpc) is 2.72. The number of carbonyl (C=O) groups is 3. The maximum absolute atomic E-state index is 13.0. The first kappa shape index (κ1) is 29.4. The maximum Gasteiger partial charge on any atom is 0.311 e. The van der Waals surface area contributed by atoms with E-state index in [1.165, 1.54) is 13.8 Å². The molecule has 8 nitrogen and oxygen atoms in total. The number of aliphatic hydroxyl groups is 2. The minimum Gasteiger partial charge on any atom is -0.461 e. The van der Waals surface area contributed by atoms with Crippen molar-refractivity contribution < 1.29 is 38.8 Å². The minimum absolute atomic E-state index is 0.375. The number of carbonyl (C=O) groups excluding carboxylic acids is 3. The molecule has 2 N–H and O–H groups in total. The lowest BCUT2D eigenvalue weighted by atomic mass is 9.50. The van der Waals surface area contributed by atoms with Crippen LogP contribution in [-0.2, 0) is 28.6 Å². The first-order chi connectivity index (χ1) is 17.0. The van der Waals surface area contributed by atoms with E-state index in [-0.39, 0.29) is 0 Å². The van der Waals surface area contributed by atoms with Crippen LogP contribution >= 0.6 is 0 Å². The highest BCUT2D eigenvalue weighted by molar-refractivity contribution is 5.73. The largest absolute Gasteiger partial charge is 0.461 e. The molecule has 3 aliphatic carbocycles. The van der Waals surface area contributed by atoms with Crippen molar-refractivity contribution in [2.45, 2.75) is 112 Å². The van der Waals surface area contributed by atoms with Gasteiger partial charge in [-0.1, -0.05) is 32.9 Å². The van der Waals surface area contributed by atoms with Gasteiger partial charge >= 0.3 is 17.9 Å². The van der Waals surface area contributed by atoms with Crippen molar-refractivity contribution in [3.8, 4) is 0 Å². The molecule has 2 saturated carbocycles. The number of fused-ring (bicyclic) bond motifs is 3. The molecule has 2 bridgehead atoms. The lowest BCUT2D eigenvalue weighted by Crippen LogP contribution is -2.60. The van der Waals surface area contributed by atoms with E-state index >= 15 is 0 Å². The number of ether oxygens (including phenoxy) is 3. The van der Waals surface area contributed by atoms with Crippen LogP contribution in [0.3, 0.4) is 0 Å². The summed E-state index contributed by atoms with van der Waals surface area (Å²) in [4.78, 5) is 37.4. The molecule has 0 aliphatic heterocycles. The first-order valence-corrected chi connectivity index (χ1v) is 13.3. The highest BCUT2D eigenvalue weighted by Gasteiger charge is 2.60. The molecule has 2 unspecified atom stereocenters. The molecule has 8 heteroatoms. The summed E-state index contributed by atoms with van der Waals surface area (Å²) in [6.45, 7) is 18.2. The van der Waals surface area contributed by atoms with Gasteiger partial charge in [0.05, 0.1) is 18.1 Å². The molecule has 3 rings (SSSR count). The van der Waals surface area contributed by atoms with Crippen molar-refractivity contribution >= 4 is 17.9 Å². The molecule has 3 aliphatic rings. The summed E-state index contributed by atoms with van der Waals surface area (Å²) in [6, 6.07) is 0. The molecule has 37 heavy (non-hydrogen) atoms. The Bertz CT molecular complexity index is 978. The van der Waals surface area contributed by atoms with Crippen molar-refractivity contribution in [3.63, 3.8) is 0 Å². The summed E-state index contributed by atoms with van der Waals surface area (Å²) >= 11 is 0. The Balaban J connectivity index is 2.20. The third kappa shape index (κ3) is 5.51. The van der Waals surface area contributed by atoms with Crippen molar-refractivity contribution in [2.75, 3.05) is 0 Å². The Morgan fingerprint density at radius 1 is 1.05 bits per heavy atom. The Kier molecular flexibility index (Phi) is 8.35. The van der Waals surface area contributed by atoms with Gasteiger partial charge in [-0.25, -0.2) is 0 Å². The van der Waals surface area contributed by atoms with Crippen molar-refractivity contribution in [1.29, 1.82) is 0 Å². The summed E-state index contributed by atoms with van der Waals surface area (Å²) in [7, 11) is 0. The van der Waals surface area contributed by atoms with E-state index in [1.807, 2.05) is 20.8 Å². The molecule has 0 radical (unpaired) electrons. The highest BCUT2D eigenvalue weighted by atomic mass is 16.6. The molecule has 208 valence electrons.